The highest BCUT2D eigenvalue weighted by molar-refractivity contribution is 6.44. The quantitative estimate of drug-likeness (QED) is 0.741. The number of carbonyl (C=O) groups is 2. The number of nitrogens with zero attached hydrogens (tertiary/aromatic N) is 1. The molecule has 0 atom stereocenters. The molecule has 0 unspecified atom stereocenters. The lowest BCUT2D eigenvalue weighted by Crippen LogP contribution is -2.38. The van der Waals surface area contributed by atoms with Gasteiger partial charge in [0.25, 0.3) is 5.91 Å². The van der Waals surface area contributed by atoms with Gasteiger partial charge in [0.05, 0.1) is 5.02 Å². The van der Waals surface area contributed by atoms with Crippen LogP contribution in [0.1, 0.15) is 32.1 Å². The third-order valence-electron chi connectivity index (χ3n) is 3.65. The van der Waals surface area contributed by atoms with Gasteiger partial charge in [-0.25, -0.2) is 0 Å². The SMILES string of the molecule is CC.CC(=O)OCC(=O)N1CCc2oc3c(Cl)c(Cl)ccc3c2C1. The Balaban J connectivity index is 0.00000100. The largest absolute Gasteiger partial charge is 0.459 e. The lowest BCUT2D eigenvalue weighted by molar-refractivity contribution is -0.150. The fourth-order valence-corrected chi connectivity index (χ4v) is 2.91. The van der Waals surface area contributed by atoms with Crippen LogP contribution in [0.4, 0.5) is 0 Å². The van der Waals surface area contributed by atoms with Gasteiger partial charge < -0.3 is 14.1 Å². The molecule has 1 aromatic carbocycles. The molecule has 5 nitrogen and oxygen atoms in total. The third-order valence-corrected chi connectivity index (χ3v) is 4.43. The van der Waals surface area contributed by atoms with E-state index in [0.29, 0.717) is 35.1 Å². The van der Waals surface area contributed by atoms with Gasteiger partial charge in [0.15, 0.2) is 12.2 Å². The molecule has 0 spiro atoms. The molecule has 0 N–H and O–H groups in total. The van der Waals surface area contributed by atoms with Crippen LogP contribution in [0, 0.1) is 0 Å². The molecule has 0 saturated carbocycles. The van der Waals surface area contributed by atoms with Gasteiger partial charge in [-0.3, -0.25) is 9.59 Å². The van der Waals surface area contributed by atoms with E-state index in [0.717, 1.165) is 16.7 Å². The summed E-state index contributed by atoms with van der Waals surface area (Å²) in [5, 5.41) is 1.67. The van der Waals surface area contributed by atoms with E-state index in [1.54, 1.807) is 11.0 Å². The zero-order valence-corrected chi connectivity index (χ0v) is 15.3. The third kappa shape index (κ3) is 3.68. The Labute approximate surface area is 150 Å². The van der Waals surface area contributed by atoms with Crippen molar-refractivity contribution in [2.24, 2.45) is 0 Å². The van der Waals surface area contributed by atoms with Crippen molar-refractivity contribution in [1.29, 1.82) is 0 Å². The minimum absolute atomic E-state index is 0.227. The second-order valence-corrected chi connectivity index (χ2v) is 5.87. The number of furan rings is 1. The number of hydrogen-bond donors (Lipinski definition) is 0. The van der Waals surface area contributed by atoms with Gasteiger partial charge in [-0.05, 0) is 12.1 Å². The minimum Gasteiger partial charge on any atom is -0.459 e. The van der Waals surface area contributed by atoms with Crippen molar-refractivity contribution >= 4 is 46.0 Å². The lowest BCUT2D eigenvalue weighted by atomic mass is 10.0. The molecule has 1 aliphatic heterocycles. The van der Waals surface area contributed by atoms with E-state index in [4.69, 9.17) is 32.4 Å². The van der Waals surface area contributed by atoms with E-state index in [1.807, 2.05) is 19.9 Å². The van der Waals surface area contributed by atoms with Crippen LogP contribution in [0.15, 0.2) is 16.5 Å². The zero-order valence-electron chi connectivity index (χ0n) is 13.8. The van der Waals surface area contributed by atoms with Crippen LogP contribution < -0.4 is 0 Å². The molecule has 0 fully saturated rings. The molecule has 1 aliphatic rings. The maximum atomic E-state index is 12.1. The molecule has 0 saturated heterocycles. The van der Waals surface area contributed by atoms with E-state index < -0.39 is 5.97 Å². The topological polar surface area (TPSA) is 59.8 Å². The summed E-state index contributed by atoms with van der Waals surface area (Å²) >= 11 is 12.2. The predicted octanol–water partition coefficient (Wildman–Crippen LogP) is 4.21. The molecule has 3 rings (SSSR count). The molecule has 24 heavy (non-hydrogen) atoms. The summed E-state index contributed by atoms with van der Waals surface area (Å²) in [6, 6.07) is 3.55. The normalized spacial score (nSPS) is 13.1. The van der Waals surface area contributed by atoms with Gasteiger partial charge >= 0.3 is 5.97 Å². The Morgan fingerprint density at radius 3 is 2.67 bits per heavy atom. The average Bonchev–Trinajstić information content (AvgIpc) is 2.96. The number of benzene rings is 1. The summed E-state index contributed by atoms with van der Waals surface area (Å²) in [7, 11) is 0. The number of amides is 1. The maximum absolute atomic E-state index is 12.1. The number of hydrogen-bond acceptors (Lipinski definition) is 4. The van der Waals surface area contributed by atoms with Crippen LogP contribution in [-0.4, -0.2) is 29.9 Å². The Morgan fingerprint density at radius 1 is 1.29 bits per heavy atom. The maximum Gasteiger partial charge on any atom is 0.303 e. The number of halogens is 2. The Hall–Kier alpha value is -1.72. The first-order chi connectivity index (χ1) is 11.5. The molecule has 7 heteroatoms. The number of fused-ring (bicyclic) bond motifs is 3. The summed E-state index contributed by atoms with van der Waals surface area (Å²) in [6.45, 7) is 5.95. The first kappa shape index (κ1) is 18.6. The second kappa shape index (κ2) is 7.90. The minimum atomic E-state index is -0.471. The van der Waals surface area contributed by atoms with Gasteiger partial charge in [-0.1, -0.05) is 37.0 Å². The average molecular weight is 372 g/mol. The van der Waals surface area contributed by atoms with Crippen LogP contribution in [0.25, 0.3) is 11.0 Å². The van der Waals surface area contributed by atoms with Crippen LogP contribution in [0.2, 0.25) is 10.0 Å². The van der Waals surface area contributed by atoms with E-state index in [2.05, 4.69) is 0 Å². The van der Waals surface area contributed by atoms with Crippen molar-refractivity contribution in [2.45, 2.75) is 33.7 Å². The number of ether oxygens (including phenoxy) is 1. The highest BCUT2D eigenvalue weighted by Crippen LogP contribution is 2.37. The van der Waals surface area contributed by atoms with Crippen molar-refractivity contribution < 1.29 is 18.7 Å². The van der Waals surface area contributed by atoms with E-state index in [-0.39, 0.29) is 12.5 Å². The first-order valence-corrected chi connectivity index (χ1v) is 8.52. The number of carbonyl (C=O) groups excluding carboxylic acids is 2. The molecular weight excluding hydrogens is 353 g/mol. The summed E-state index contributed by atoms with van der Waals surface area (Å²) in [6.07, 6.45) is 0.587. The molecule has 130 valence electrons. The van der Waals surface area contributed by atoms with E-state index in [9.17, 15) is 9.59 Å². The van der Waals surface area contributed by atoms with Crippen molar-refractivity contribution in [3.05, 3.63) is 33.5 Å². The lowest BCUT2D eigenvalue weighted by Gasteiger charge is -2.26. The highest BCUT2D eigenvalue weighted by Gasteiger charge is 2.27. The smallest absolute Gasteiger partial charge is 0.303 e. The Kier molecular flexibility index (Phi) is 6.13. The predicted molar refractivity (Wildman–Crippen MR) is 93.3 cm³/mol. The molecule has 0 bridgehead atoms. The van der Waals surface area contributed by atoms with Crippen LogP contribution in [0.5, 0.6) is 0 Å². The molecule has 0 radical (unpaired) electrons. The van der Waals surface area contributed by atoms with Crippen LogP contribution >= 0.6 is 23.2 Å². The van der Waals surface area contributed by atoms with Gasteiger partial charge in [0.1, 0.15) is 10.8 Å². The molecule has 0 aliphatic carbocycles. The summed E-state index contributed by atoms with van der Waals surface area (Å²) in [5.41, 5.74) is 1.48. The van der Waals surface area contributed by atoms with Gasteiger partial charge in [0.2, 0.25) is 0 Å². The molecule has 2 heterocycles. The Bertz CT molecular complexity index is 770. The standard InChI is InChI=1S/C15H13Cl2NO4.C2H6/c1-8(19)21-7-13(20)18-5-4-12-10(6-18)9-2-3-11(16)14(17)15(9)22-12;1-2/h2-3H,4-7H2,1H3;1-2H3. The fourth-order valence-electron chi connectivity index (χ4n) is 2.55. The van der Waals surface area contributed by atoms with Crippen LogP contribution in [0.3, 0.4) is 0 Å². The fraction of sp³-hybridized carbons (Fsp3) is 0.412. The summed E-state index contributed by atoms with van der Waals surface area (Å²) in [4.78, 5) is 24.5. The number of esters is 1. The highest BCUT2D eigenvalue weighted by atomic mass is 35.5. The Morgan fingerprint density at radius 2 is 2.00 bits per heavy atom. The van der Waals surface area contributed by atoms with Crippen molar-refractivity contribution in [1.82, 2.24) is 4.90 Å². The van der Waals surface area contributed by atoms with Crippen molar-refractivity contribution in [2.75, 3.05) is 13.2 Å². The molecular formula is C17H19Cl2NO4. The monoisotopic (exact) mass is 371 g/mol. The molecule has 1 aromatic heterocycles. The van der Waals surface area contributed by atoms with Crippen molar-refractivity contribution in [3.63, 3.8) is 0 Å². The van der Waals surface area contributed by atoms with Gasteiger partial charge in [0, 0.05) is 37.4 Å². The van der Waals surface area contributed by atoms with Gasteiger partial charge in [-0.2, -0.15) is 0 Å². The van der Waals surface area contributed by atoms with Crippen molar-refractivity contribution in [3.8, 4) is 0 Å². The second-order valence-electron chi connectivity index (χ2n) is 5.09. The first-order valence-electron chi connectivity index (χ1n) is 7.76. The number of rotatable bonds is 2. The van der Waals surface area contributed by atoms with E-state index >= 15 is 0 Å². The summed E-state index contributed by atoms with van der Waals surface area (Å²) < 4.78 is 10.5. The van der Waals surface area contributed by atoms with E-state index in [1.165, 1.54) is 6.92 Å². The zero-order chi connectivity index (χ0) is 17.9. The molecule has 1 amide bonds. The molecule has 2 aromatic rings. The summed E-state index contributed by atoms with van der Waals surface area (Å²) in [5.74, 6) is 0.118. The van der Waals surface area contributed by atoms with Gasteiger partial charge in [-0.15, -0.1) is 0 Å². The van der Waals surface area contributed by atoms with Crippen LogP contribution in [-0.2, 0) is 27.3 Å².